The van der Waals surface area contributed by atoms with E-state index in [-0.39, 0.29) is 40.3 Å². The number of phenols is 2. The van der Waals surface area contributed by atoms with Crippen LogP contribution in [0.1, 0.15) is 82.7 Å². The van der Waals surface area contributed by atoms with Crippen LogP contribution < -0.4 is 15.8 Å². The molecule has 1 heterocycles. The summed E-state index contributed by atoms with van der Waals surface area (Å²) in [6.45, 7) is 4.01. The number of aliphatic hydroxyl groups excluding tert-OH is 2. The molecule has 0 radical (unpaired) electrons. The maximum Gasteiger partial charge on any atom is 0.237 e. The first-order chi connectivity index (χ1) is 21.6. The average molecular weight is 643 g/mol. The highest BCUT2D eigenvalue weighted by molar-refractivity contribution is 6.31. The third-order valence-electron chi connectivity index (χ3n) is 9.11. The van der Waals surface area contributed by atoms with E-state index in [1.807, 2.05) is 0 Å². The van der Waals surface area contributed by atoms with Crippen LogP contribution in [0.5, 0.6) is 17.2 Å². The molecule has 2 aromatic rings. The van der Waals surface area contributed by atoms with Gasteiger partial charge in [0.05, 0.1) is 48.1 Å². The van der Waals surface area contributed by atoms with Crippen LogP contribution in [0.4, 0.5) is 0 Å². The van der Waals surface area contributed by atoms with Gasteiger partial charge in [0.15, 0.2) is 17.9 Å². The average Bonchev–Trinajstić information content (AvgIpc) is 3.02. The zero-order chi connectivity index (χ0) is 33.8. The minimum absolute atomic E-state index is 0.0715. The smallest absolute Gasteiger partial charge is 0.237 e. The molecule has 2 aliphatic carbocycles. The van der Waals surface area contributed by atoms with E-state index in [0.717, 1.165) is 0 Å². The number of nitrogens with two attached hydrogens (primary N) is 1. The summed E-state index contributed by atoms with van der Waals surface area (Å²) in [4.78, 5) is 53.0. The number of benzene rings is 2. The molecule has 7 atom stereocenters. The molecule has 248 valence electrons. The van der Waals surface area contributed by atoms with Crippen LogP contribution in [0.3, 0.4) is 0 Å². The molecule has 14 nitrogen and oxygen atoms in total. The molecular weight excluding hydrogens is 604 g/mol. The molecule has 8 N–H and O–H groups in total. The lowest BCUT2D eigenvalue weighted by atomic mass is 9.72. The normalized spacial score (nSPS) is 27.8. The van der Waals surface area contributed by atoms with Crippen LogP contribution in [-0.4, -0.2) is 98.7 Å². The van der Waals surface area contributed by atoms with E-state index in [1.165, 1.54) is 32.2 Å². The van der Waals surface area contributed by atoms with E-state index in [9.17, 15) is 44.7 Å². The minimum Gasteiger partial charge on any atom is -0.507 e. The van der Waals surface area contributed by atoms with Crippen molar-refractivity contribution in [3.05, 3.63) is 51.6 Å². The van der Waals surface area contributed by atoms with Crippen molar-refractivity contribution in [2.24, 2.45) is 11.7 Å². The van der Waals surface area contributed by atoms with E-state index >= 15 is 0 Å². The summed E-state index contributed by atoms with van der Waals surface area (Å²) in [5, 5.41) is 57.7. The number of hydrogen-bond donors (Lipinski definition) is 7. The molecule has 46 heavy (non-hydrogen) atoms. The van der Waals surface area contributed by atoms with Crippen molar-refractivity contribution in [3.8, 4) is 17.2 Å². The zero-order valence-electron chi connectivity index (χ0n) is 25.8. The molecule has 0 saturated carbocycles. The van der Waals surface area contributed by atoms with Crippen molar-refractivity contribution < 1.29 is 58.9 Å². The predicted octanol–water partition coefficient (Wildman–Crippen LogP) is 0.142. The van der Waals surface area contributed by atoms with Gasteiger partial charge in [-0.05, 0) is 18.9 Å². The summed E-state index contributed by atoms with van der Waals surface area (Å²) in [6.07, 6.45) is -5.97. The Bertz CT molecular complexity index is 1610. The largest absolute Gasteiger partial charge is 0.507 e. The van der Waals surface area contributed by atoms with Crippen LogP contribution in [0.2, 0.25) is 0 Å². The standard InChI is InChI=1S/C32H38N2O12/c1-12(2)25(33)31(42)34-16-8-20(45-13(3)26(16)37)46-18-10-32(43,19(36)11-35)9-15-22(18)30(41)24-23(28(15)39)27(38)14-6-5-7-17(44-4)21(14)29(24)40/h5-7,12-13,16,18,20,25-26,35,37,39,41,43H,8-11,33H2,1-4H3,(H,34,42)/t13?,16?,18-,20?,25-,26?,32-/m0/s1. The van der Waals surface area contributed by atoms with Gasteiger partial charge in [0, 0.05) is 36.0 Å². The first-order valence-corrected chi connectivity index (χ1v) is 14.9. The molecule has 0 spiro atoms. The monoisotopic (exact) mass is 642 g/mol. The second-order valence-electron chi connectivity index (χ2n) is 12.4. The second kappa shape index (κ2) is 12.4. The molecule has 1 amide bonds. The molecule has 14 heteroatoms. The minimum atomic E-state index is -2.31. The maximum absolute atomic E-state index is 13.8. The number of methoxy groups -OCH3 is 1. The van der Waals surface area contributed by atoms with E-state index < -0.39 is 108 Å². The van der Waals surface area contributed by atoms with E-state index in [0.29, 0.717) is 0 Å². The van der Waals surface area contributed by atoms with Gasteiger partial charge in [0.1, 0.15) is 35.6 Å². The summed E-state index contributed by atoms with van der Waals surface area (Å²) < 4.78 is 17.3. The highest BCUT2D eigenvalue weighted by Gasteiger charge is 2.50. The van der Waals surface area contributed by atoms with Crippen molar-refractivity contribution in [1.29, 1.82) is 0 Å². The van der Waals surface area contributed by atoms with Crippen molar-refractivity contribution in [2.45, 2.75) is 82.3 Å². The zero-order valence-corrected chi connectivity index (χ0v) is 25.8. The SMILES string of the molecule is COc1cccc2c1C(=O)c1c(O)c3c(c(O)c1C2=O)C[C@@](O)(C(=O)CO)C[C@@H]3OC1CC(NC(=O)[C@@H](N)C(C)C)C(O)C(C)O1. The van der Waals surface area contributed by atoms with Crippen molar-refractivity contribution >= 4 is 23.3 Å². The predicted molar refractivity (Wildman–Crippen MR) is 159 cm³/mol. The van der Waals surface area contributed by atoms with Gasteiger partial charge in [-0.25, -0.2) is 0 Å². The Morgan fingerprint density at radius 1 is 1.13 bits per heavy atom. The number of amides is 1. The van der Waals surface area contributed by atoms with Crippen molar-refractivity contribution in [2.75, 3.05) is 13.7 Å². The molecule has 3 aliphatic rings. The highest BCUT2D eigenvalue weighted by atomic mass is 16.7. The Labute approximate surface area is 264 Å². The number of aromatic hydroxyl groups is 2. The fourth-order valence-electron chi connectivity index (χ4n) is 6.44. The van der Waals surface area contributed by atoms with Crippen LogP contribution in [0, 0.1) is 5.92 Å². The van der Waals surface area contributed by atoms with Crippen LogP contribution in [0.15, 0.2) is 18.2 Å². The number of ketones is 3. The molecule has 1 saturated heterocycles. The Kier molecular flexibility index (Phi) is 8.98. The molecule has 0 aromatic heterocycles. The van der Waals surface area contributed by atoms with Crippen molar-refractivity contribution in [3.63, 3.8) is 0 Å². The van der Waals surface area contributed by atoms with Crippen LogP contribution in [-0.2, 0) is 25.5 Å². The number of aliphatic hydroxyl groups is 3. The number of fused-ring (bicyclic) bond motifs is 3. The molecule has 1 aliphatic heterocycles. The Morgan fingerprint density at radius 3 is 2.43 bits per heavy atom. The van der Waals surface area contributed by atoms with Gasteiger partial charge >= 0.3 is 0 Å². The quantitative estimate of drug-likeness (QED) is 0.162. The molecule has 0 bridgehead atoms. The number of carbonyl (C=O) groups is 4. The Morgan fingerprint density at radius 2 is 1.80 bits per heavy atom. The van der Waals surface area contributed by atoms with Gasteiger partial charge in [-0.3, -0.25) is 19.2 Å². The van der Waals surface area contributed by atoms with Gasteiger partial charge in [-0.15, -0.1) is 0 Å². The van der Waals surface area contributed by atoms with Gasteiger partial charge in [0.2, 0.25) is 11.7 Å². The summed E-state index contributed by atoms with van der Waals surface area (Å²) in [5.41, 5.74) is 2.03. The lowest BCUT2D eigenvalue weighted by molar-refractivity contribution is -0.249. The molecule has 1 fully saturated rings. The second-order valence-corrected chi connectivity index (χ2v) is 12.4. The van der Waals surface area contributed by atoms with E-state index in [4.69, 9.17) is 19.9 Å². The topological polar surface area (TPSA) is 235 Å². The van der Waals surface area contributed by atoms with Gasteiger partial charge in [-0.1, -0.05) is 26.0 Å². The number of rotatable bonds is 8. The third kappa shape index (κ3) is 5.44. The van der Waals surface area contributed by atoms with Gasteiger partial charge in [-0.2, -0.15) is 0 Å². The number of carbonyl (C=O) groups excluding carboxylic acids is 4. The number of phenolic OH excluding ortho intramolecular Hbond substituents is 2. The van der Waals surface area contributed by atoms with E-state index in [2.05, 4.69) is 5.32 Å². The lowest BCUT2D eigenvalue weighted by Crippen LogP contribution is -2.58. The molecule has 5 rings (SSSR count). The van der Waals surface area contributed by atoms with Gasteiger partial charge < -0.3 is 50.8 Å². The molecule has 2 aromatic carbocycles. The summed E-state index contributed by atoms with van der Waals surface area (Å²) >= 11 is 0. The highest BCUT2D eigenvalue weighted by Crippen LogP contribution is 2.52. The van der Waals surface area contributed by atoms with Crippen LogP contribution in [0.25, 0.3) is 0 Å². The first kappa shape index (κ1) is 33.4. The number of ether oxygens (including phenoxy) is 3. The first-order valence-electron chi connectivity index (χ1n) is 14.9. The maximum atomic E-state index is 13.8. The fourth-order valence-corrected chi connectivity index (χ4v) is 6.44. The number of nitrogens with one attached hydrogen (secondary N) is 1. The van der Waals surface area contributed by atoms with Crippen LogP contribution >= 0.6 is 0 Å². The summed E-state index contributed by atoms with van der Waals surface area (Å²) in [5.74, 6) is -4.69. The van der Waals surface area contributed by atoms with Gasteiger partial charge in [0.25, 0.3) is 0 Å². The Balaban J connectivity index is 1.59. The number of Topliss-reactive ketones (excluding diaryl/α,β-unsaturated/α-hetero) is 1. The summed E-state index contributed by atoms with van der Waals surface area (Å²) in [7, 11) is 1.31. The lowest BCUT2D eigenvalue weighted by Gasteiger charge is -2.43. The molecular formula is C32H38N2O12. The fraction of sp³-hybridized carbons (Fsp3) is 0.500. The third-order valence-corrected chi connectivity index (χ3v) is 9.11. The molecule has 4 unspecified atom stereocenters. The van der Waals surface area contributed by atoms with Crippen molar-refractivity contribution in [1.82, 2.24) is 5.32 Å². The summed E-state index contributed by atoms with van der Waals surface area (Å²) in [6, 6.07) is 2.58. The number of hydrogen-bond acceptors (Lipinski definition) is 13. The Hall–Kier alpha value is -3.92. The van der Waals surface area contributed by atoms with E-state index in [1.54, 1.807) is 13.8 Å².